The zero-order valence-corrected chi connectivity index (χ0v) is 11.4. The van der Waals surface area contributed by atoms with Gasteiger partial charge in [0.25, 0.3) is 5.91 Å². The highest BCUT2D eigenvalue weighted by atomic mass is 35.5. The lowest BCUT2D eigenvalue weighted by molar-refractivity contribution is 0.102. The molecule has 1 N–H and O–H groups in total. The summed E-state index contributed by atoms with van der Waals surface area (Å²) in [7, 11) is 0. The summed E-state index contributed by atoms with van der Waals surface area (Å²) in [5, 5.41) is 3.46. The van der Waals surface area contributed by atoms with E-state index in [0.717, 1.165) is 0 Å². The zero-order chi connectivity index (χ0) is 14.8. The van der Waals surface area contributed by atoms with Crippen LogP contribution in [0.1, 0.15) is 10.4 Å². The highest BCUT2D eigenvalue weighted by Crippen LogP contribution is 2.18. The number of pyridine rings is 1. The third-order valence-corrected chi connectivity index (χ3v) is 3.23. The number of halogens is 1. The van der Waals surface area contributed by atoms with Crippen molar-refractivity contribution in [3.05, 3.63) is 69.8 Å². The molecular weight excluding hydrogens is 292 g/mol. The lowest BCUT2D eigenvalue weighted by atomic mass is 10.2. The van der Waals surface area contributed by atoms with Gasteiger partial charge < -0.3 is 9.73 Å². The molecule has 6 heteroatoms. The van der Waals surface area contributed by atoms with Gasteiger partial charge in [0.1, 0.15) is 11.3 Å². The fourth-order valence-corrected chi connectivity index (χ4v) is 2.07. The molecule has 1 aromatic carbocycles. The molecule has 0 fully saturated rings. The third-order valence-electron chi connectivity index (χ3n) is 2.90. The smallest absolute Gasteiger partial charge is 0.360 e. The van der Waals surface area contributed by atoms with Crippen molar-refractivity contribution in [3.63, 3.8) is 0 Å². The van der Waals surface area contributed by atoms with E-state index in [-0.39, 0.29) is 16.3 Å². The van der Waals surface area contributed by atoms with Crippen LogP contribution in [-0.2, 0) is 0 Å². The van der Waals surface area contributed by atoms with E-state index in [2.05, 4.69) is 10.3 Å². The Hall–Kier alpha value is -2.66. The van der Waals surface area contributed by atoms with Gasteiger partial charge in [0, 0.05) is 17.8 Å². The number of rotatable bonds is 2. The van der Waals surface area contributed by atoms with Crippen molar-refractivity contribution in [2.45, 2.75) is 0 Å². The Morgan fingerprint density at radius 2 is 2.05 bits per heavy atom. The highest BCUT2D eigenvalue weighted by molar-refractivity contribution is 6.34. The molecule has 0 bridgehead atoms. The van der Waals surface area contributed by atoms with Gasteiger partial charge in [-0.25, -0.2) is 4.79 Å². The summed E-state index contributed by atoms with van der Waals surface area (Å²) in [6, 6.07) is 10.1. The molecule has 2 heterocycles. The van der Waals surface area contributed by atoms with E-state index in [1.54, 1.807) is 24.3 Å². The molecule has 3 rings (SSSR count). The Morgan fingerprint density at radius 1 is 1.24 bits per heavy atom. The van der Waals surface area contributed by atoms with Crippen LogP contribution in [0.15, 0.2) is 58.0 Å². The Bertz CT molecular complexity index is 889. The largest absolute Gasteiger partial charge is 0.421 e. The minimum atomic E-state index is -0.623. The number of amides is 1. The average Bonchev–Trinajstić information content (AvgIpc) is 2.48. The first-order valence-corrected chi connectivity index (χ1v) is 6.47. The van der Waals surface area contributed by atoms with Gasteiger partial charge in [0.2, 0.25) is 0 Å². The summed E-state index contributed by atoms with van der Waals surface area (Å²) in [5.74, 6) is -0.518. The fourth-order valence-electron chi connectivity index (χ4n) is 1.88. The van der Waals surface area contributed by atoms with E-state index in [1.165, 1.54) is 18.5 Å². The number of hydrogen-bond donors (Lipinski definition) is 1. The second kappa shape index (κ2) is 5.38. The molecule has 0 aliphatic rings. The number of carbonyl (C=O) groups is 1. The summed E-state index contributed by atoms with van der Waals surface area (Å²) in [6.07, 6.45) is 2.81. The molecule has 0 saturated carbocycles. The molecule has 21 heavy (non-hydrogen) atoms. The van der Waals surface area contributed by atoms with Gasteiger partial charge in [-0.05, 0) is 18.2 Å². The molecule has 0 aliphatic carbocycles. The first kappa shape index (κ1) is 13.3. The van der Waals surface area contributed by atoms with E-state index in [0.29, 0.717) is 11.0 Å². The molecule has 0 radical (unpaired) electrons. The van der Waals surface area contributed by atoms with Gasteiger partial charge in [0.05, 0.1) is 10.6 Å². The number of hydrogen-bond acceptors (Lipinski definition) is 4. The van der Waals surface area contributed by atoms with Crippen LogP contribution in [0.4, 0.5) is 5.69 Å². The van der Waals surface area contributed by atoms with Crippen molar-refractivity contribution < 1.29 is 9.21 Å². The summed E-state index contributed by atoms with van der Waals surface area (Å²) in [4.78, 5) is 27.8. The summed E-state index contributed by atoms with van der Waals surface area (Å²) in [6.45, 7) is 0. The number of para-hydroxylation sites is 1. The predicted octanol–water partition coefficient (Wildman–Crippen LogP) is 3.09. The van der Waals surface area contributed by atoms with Crippen molar-refractivity contribution in [1.82, 2.24) is 4.98 Å². The summed E-state index contributed by atoms with van der Waals surface area (Å²) < 4.78 is 5.14. The second-order valence-electron chi connectivity index (χ2n) is 4.30. The maximum atomic E-state index is 12.1. The van der Waals surface area contributed by atoms with E-state index >= 15 is 0 Å². The quantitative estimate of drug-likeness (QED) is 0.738. The minimum Gasteiger partial charge on any atom is -0.421 e. The van der Waals surface area contributed by atoms with Crippen LogP contribution < -0.4 is 10.9 Å². The predicted molar refractivity (Wildman–Crippen MR) is 79.7 cm³/mol. The number of nitrogens with one attached hydrogen (secondary N) is 1. The molecule has 0 spiro atoms. The van der Waals surface area contributed by atoms with Crippen LogP contribution in [-0.4, -0.2) is 10.9 Å². The monoisotopic (exact) mass is 300 g/mol. The van der Waals surface area contributed by atoms with E-state index in [9.17, 15) is 9.59 Å². The molecule has 104 valence electrons. The summed E-state index contributed by atoms with van der Waals surface area (Å²) in [5.41, 5.74) is 0.0762. The van der Waals surface area contributed by atoms with Crippen LogP contribution >= 0.6 is 11.6 Å². The molecule has 0 unspecified atom stereocenters. The molecule has 3 aromatic rings. The maximum Gasteiger partial charge on any atom is 0.360 e. The molecule has 5 nitrogen and oxygen atoms in total. The Labute approximate surface area is 124 Å². The first-order chi connectivity index (χ1) is 10.1. The molecule has 1 amide bonds. The van der Waals surface area contributed by atoms with Crippen molar-refractivity contribution in [1.29, 1.82) is 0 Å². The number of aromatic nitrogens is 1. The highest BCUT2D eigenvalue weighted by Gasteiger charge is 2.13. The van der Waals surface area contributed by atoms with Crippen molar-refractivity contribution in [2.24, 2.45) is 0 Å². The van der Waals surface area contributed by atoms with Crippen LogP contribution in [0.25, 0.3) is 11.0 Å². The van der Waals surface area contributed by atoms with Gasteiger partial charge in [-0.3, -0.25) is 9.78 Å². The molecular formula is C15H9ClN2O3. The fraction of sp³-hybridized carbons (Fsp3) is 0. The Kier molecular flexibility index (Phi) is 3.41. The number of carbonyl (C=O) groups excluding carboxylic acids is 1. The number of benzene rings is 1. The van der Waals surface area contributed by atoms with Crippen molar-refractivity contribution in [3.8, 4) is 0 Å². The maximum absolute atomic E-state index is 12.1. The van der Waals surface area contributed by atoms with E-state index < -0.39 is 11.5 Å². The molecule has 0 atom stereocenters. The van der Waals surface area contributed by atoms with Crippen LogP contribution in [0.5, 0.6) is 0 Å². The topological polar surface area (TPSA) is 72.2 Å². The normalized spacial score (nSPS) is 10.5. The van der Waals surface area contributed by atoms with Gasteiger partial charge in [0.15, 0.2) is 0 Å². The Balaban J connectivity index is 1.98. The average molecular weight is 301 g/mol. The lowest BCUT2D eigenvalue weighted by Gasteiger charge is -2.06. The molecule has 2 aromatic heterocycles. The van der Waals surface area contributed by atoms with Crippen LogP contribution in [0.3, 0.4) is 0 Å². The minimum absolute atomic E-state index is 0.0543. The number of anilines is 1. The van der Waals surface area contributed by atoms with Crippen LogP contribution in [0.2, 0.25) is 5.02 Å². The van der Waals surface area contributed by atoms with Crippen LogP contribution in [0, 0.1) is 0 Å². The number of fused-ring (bicyclic) bond motifs is 1. The SMILES string of the molecule is O=C(Nc1cc2ccccc2oc1=O)c1cnccc1Cl. The zero-order valence-electron chi connectivity index (χ0n) is 10.7. The van der Waals surface area contributed by atoms with Gasteiger partial charge in [-0.2, -0.15) is 0 Å². The van der Waals surface area contributed by atoms with E-state index in [4.69, 9.17) is 16.0 Å². The van der Waals surface area contributed by atoms with Gasteiger partial charge >= 0.3 is 5.63 Å². The standard InChI is InChI=1S/C15H9ClN2O3/c16-11-5-6-17-8-10(11)14(19)18-12-7-9-3-1-2-4-13(9)21-15(12)20/h1-8H,(H,18,19). The third kappa shape index (κ3) is 2.64. The second-order valence-corrected chi connectivity index (χ2v) is 4.70. The Morgan fingerprint density at radius 3 is 2.86 bits per heavy atom. The van der Waals surface area contributed by atoms with Crippen molar-refractivity contribution >= 4 is 34.2 Å². The first-order valence-electron chi connectivity index (χ1n) is 6.09. The van der Waals surface area contributed by atoms with Gasteiger partial charge in [-0.15, -0.1) is 0 Å². The van der Waals surface area contributed by atoms with Gasteiger partial charge in [-0.1, -0.05) is 29.8 Å². The lowest BCUT2D eigenvalue weighted by Crippen LogP contribution is -2.18. The molecule has 0 saturated heterocycles. The molecule has 0 aliphatic heterocycles. The van der Waals surface area contributed by atoms with Crippen molar-refractivity contribution in [2.75, 3.05) is 5.32 Å². The summed E-state index contributed by atoms with van der Waals surface area (Å²) >= 11 is 5.92. The van der Waals surface area contributed by atoms with E-state index in [1.807, 2.05) is 6.07 Å². The number of nitrogens with zero attached hydrogens (tertiary/aromatic N) is 1.